The fourth-order valence-electron chi connectivity index (χ4n) is 1.87. The molecule has 14 heavy (non-hydrogen) atoms. The Morgan fingerprint density at radius 1 is 1.50 bits per heavy atom. The quantitative estimate of drug-likeness (QED) is 0.725. The van der Waals surface area contributed by atoms with E-state index in [1.54, 1.807) is 0 Å². The van der Waals surface area contributed by atoms with Crippen molar-refractivity contribution in [3.05, 3.63) is 0 Å². The van der Waals surface area contributed by atoms with Gasteiger partial charge in [-0.25, -0.2) is 0 Å². The summed E-state index contributed by atoms with van der Waals surface area (Å²) in [6, 6.07) is 0.283. The Balaban J connectivity index is 2.36. The van der Waals surface area contributed by atoms with E-state index in [1.807, 2.05) is 18.7 Å². The fourth-order valence-corrected chi connectivity index (χ4v) is 1.87. The Hall–Kier alpha value is -0.570. The molecule has 0 bridgehead atoms. The van der Waals surface area contributed by atoms with Gasteiger partial charge >= 0.3 is 0 Å². The number of nitrogens with zero attached hydrogens (tertiary/aromatic N) is 1. The van der Waals surface area contributed by atoms with Gasteiger partial charge in [0.1, 0.15) is 0 Å². The molecular formula is C11H22N2O. The number of carbonyl (C=O) groups excluding carboxylic acids is 1. The van der Waals surface area contributed by atoms with Gasteiger partial charge in [-0.2, -0.15) is 0 Å². The smallest absolute Gasteiger partial charge is 0.223 e. The zero-order valence-electron chi connectivity index (χ0n) is 9.33. The minimum Gasteiger partial charge on any atom is -0.339 e. The van der Waals surface area contributed by atoms with E-state index in [0.717, 1.165) is 6.42 Å². The Morgan fingerprint density at radius 3 is 2.50 bits per heavy atom. The molecule has 0 heterocycles. The third-order valence-electron chi connectivity index (χ3n) is 3.00. The van der Waals surface area contributed by atoms with E-state index in [1.165, 1.54) is 19.3 Å². The van der Waals surface area contributed by atoms with Gasteiger partial charge in [-0.1, -0.05) is 6.42 Å². The normalized spacial score (nSPS) is 16.9. The van der Waals surface area contributed by atoms with Crippen molar-refractivity contribution in [3.8, 4) is 0 Å². The van der Waals surface area contributed by atoms with Gasteiger partial charge in [0.05, 0.1) is 0 Å². The number of nitrogens with two attached hydrogens (primary N) is 1. The zero-order valence-corrected chi connectivity index (χ0v) is 9.33. The summed E-state index contributed by atoms with van der Waals surface area (Å²) in [4.78, 5) is 13.7. The molecule has 1 aliphatic carbocycles. The van der Waals surface area contributed by atoms with Crippen LogP contribution in [0.5, 0.6) is 0 Å². The molecule has 82 valence electrons. The predicted molar refractivity (Wildman–Crippen MR) is 57.9 cm³/mol. The van der Waals surface area contributed by atoms with E-state index < -0.39 is 0 Å². The highest BCUT2D eigenvalue weighted by Gasteiger charge is 2.24. The third-order valence-corrected chi connectivity index (χ3v) is 3.00. The van der Waals surface area contributed by atoms with Crippen molar-refractivity contribution in [2.24, 2.45) is 11.7 Å². The molecule has 1 fully saturated rings. The summed E-state index contributed by atoms with van der Waals surface area (Å²) in [5.41, 5.74) is 5.49. The molecule has 1 amide bonds. The van der Waals surface area contributed by atoms with Crippen molar-refractivity contribution >= 4 is 5.91 Å². The van der Waals surface area contributed by atoms with E-state index in [9.17, 15) is 4.79 Å². The van der Waals surface area contributed by atoms with Crippen LogP contribution in [-0.2, 0) is 4.79 Å². The number of rotatable bonds is 5. The van der Waals surface area contributed by atoms with Gasteiger partial charge < -0.3 is 10.6 Å². The molecule has 1 saturated carbocycles. The van der Waals surface area contributed by atoms with E-state index in [2.05, 4.69) is 0 Å². The van der Waals surface area contributed by atoms with Crippen molar-refractivity contribution < 1.29 is 4.79 Å². The van der Waals surface area contributed by atoms with Crippen LogP contribution in [0.15, 0.2) is 0 Å². The van der Waals surface area contributed by atoms with Crippen LogP contribution in [0.1, 0.15) is 39.5 Å². The van der Waals surface area contributed by atoms with E-state index in [0.29, 0.717) is 19.0 Å². The molecule has 0 aromatic heterocycles. The van der Waals surface area contributed by atoms with Gasteiger partial charge in [-0.15, -0.1) is 0 Å². The first-order valence-electron chi connectivity index (χ1n) is 5.64. The topological polar surface area (TPSA) is 46.3 Å². The highest BCUT2D eigenvalue weighted by Crippen LogP contribution is 2.30. The standard InChI is InChI=1S/C11H22N2O/c1-9(2)13(7-6-12)11(14)8-10-4-3-5-10/h9-10H,3-8,12H2,1-2H3. The maximum Gasteiger partial charge on any atom is 0.223 e. The van der Waals surface area contributed by atoms with Crippen molar-refractivity contribution in [3.63, 3.8) is 0 Å². The summed E-state index contributed by atoms with van der Waals surface area (Å²) in [7, 11) is 0. The van der Waals surface area contributed by atoms with Gasteiger partial charge in [-0.3, -0.25) is 4.79 Å². The molecule has 3 nitrogen and oxygen atoms in total. The molecule has 0 spiro atoms. The second-order valence-corrected chi connectivity index (χ2v) is 4.47. The van der Waals surface area contributed by atoms with E-state index in [-0.39, 0.29) is 11.9 Å². The molecule has 0 aromatic carbocycles. The van der Waals surface area contributed by atoms with Crippen LogP contribution in [0, 0.1) is 5.92 Å². The average molecular weight is 198 g/mol. The zero-order chi connectivity index (χ0) is 10.6. The van der Waals surface area contributed by atoms with Crippen LogP contribution in [0.3, 0.4) is 0 Å². The summed E-state index contributed by atoms with van der Waals surface area (Å²) >= 11 is 0. The second kappa shape index (κ2) is 5.35. The van der Waals surface area contributed by atoms with Crippen molar-refractivity contribution in [1.82, 2.24) is 4.90 Å². The lowest BCUT2D eigenvalue weighted by molar-refractivity contribution is -0.134. The van der Waals surface area contributed by atoms with Crippen LogP contribution in [0.2, 0.25) is 0 Å². The van der Waals surface area contributed by atoms with Gasteiger partial charge in [0.25, 0.3) is 0 Å². The molecule has 0 atom stereocenters. The second-order valence-electron chi connectivity index (χ2n) is 4.47. The SMILES string of the molecule is CC(C)N(CCN)C(=O)CC1CCC1. The molecule has 1 rings (SSSR count). The average Bonchev–Trinajstić information content (AvgIpc) is 2.06. The Bertz CT molecular complexity index is 188. The minimum atomic E-state index is 0.283. The molecule has 0 aromatic rings. The van der Waals surface area contributed by atoms with Crippen LogP contribution in [-0.4, -0.2) is 29.9 Å². The van der Waals surface area contributed by atoms with Crippen LogP contribution < -0.4 is 5.73 Å². The molecule has 0 unspecified atom stereocenters. The van der Waals surface area contributed by atoms with E-state index in [4.69, 9.17) is 5.73 Å². The summed E-state index contributed by atoms with van der Waals surface area (Å²) in [6.07, 6.45) is 4.51. The summed E-state index contributed by atoms with van der Waals surface area (Å²) in [5.74, 6) is 0.941. The summed E-state index contributed by atoms with van der Waals surface area (Å²) < 4.78 is 0. The number of amides is 1. The Labute approximate surface area is 86.6 Å². The molecule has 1 aliphatic rings. The van der Waals surface area contributed by atoms with Crippen LogP contribution in [0.4, 0.5) is 0 Å². The minimum absolute atomic E-state index is 0.283. The fraction of sp³-hybridized carbons (Fsp3) is 0.909. The monoisotopic (exact) mass is 198 g/mol. The molecule has 0 aliphatic heterocycles. The van der Waals surface area contributed by atoms with Crippen LogP contribution in [0.25, 0.3) is 0 Å². The largest absolute Gasteiger partial charge is 0.339 e. The van der Waals surface area contributed by atoms with Gasteiger partial charge in [-0.05, 0) is 32.6 Å². The summed E-state index contributed by atoms with van der Waals surface area (Å²) in [5, 5.41) is 0. The third kappa shape index (κ3) is 2.98. The Kier molecular flexibility index (Phi) is 4.39. The number of carbonyl (C=O) groups is 1. The lowest BCUT2D eigenvalue weighted by atomic mass is 9.82. The van der Waals surface area contributed by atoms with Crippen molar-refractivity contribution in [2.45, 2.75) is 45.6 Å². The number of hydrogen-bond donors (Lipinski definition) is 1. The molecule has 0 radical (unpaired) electrons. The maximum absolute atomic E-state index is 11.8. The highest BCUT2D eigenvalue weighted by atomic mass is 16.2. The lowest BCUT2D eigenvalue weighted by Crippen LogP contribution is -2.41. The van der Waals surface area contributed by atoms with Crippen LogP contribution >= 0.6 is 0 Å². The first-order chi connectivity index (χ1) is 6.65. The molecule has 0 saturated heterocycles. The molecular weight excluding hydrogens is 176 g/mol. The molecule has 2 N–H and O–H groups in total. The van der Waals surface area contributed by atoms with Gasteiger partial charge in [0.2, 0.25) is 5.91 Å². The van der Waals surface area contributed by atoms with Crippen molar-refractivity contribution in [2.75, 3.05) is 13.1 Å². The maximum atomic E-state index is 11.8. The first-order valence-corrected chi connectivity index (χ1v) is 5.64. The van der Waals surface area contributed by atoms with Gasteiger partial charge in [0, 0.05) is 25.6 Å². The van der Waals surface area contributed by atoms with Crippen molar-refractivity contribution in [1.29, 1.82) is 0 Å². The van der Waals surface area contributed by atoms with Gasteiger partial charge in [0.15, 0.2) is 0 Å². The Morgan fingerprint density at radius 2 is 2.14 bits per heavy atom. The predicted octanol–water partition coefficient (Wildman–Crippen LogP) is 1.37. The lowest BCUT2D eigenvalue weighted by Gasteiger charge is -2.31. The molecule has 3 heteroatoms. The first kappa shape index (κ1) is 11.5. The number of hydrogen-bond acceptors (Lipinski definition) is 2. The summed E-state index contributed by atoms with van der Waals surface area (Å²) in [6.45, 7) is 5.36. The highest BCUT2D eigenvalue weighted by molar-refractivity contribution is 5.76. The van der Waals surface area contributed by atoms with E-state index >= 15 is 0 Å².